The van der Waals surface area contributed by atoms with E-state index in [9.17, 15) is 0 Å². The molecule has 3 aliphatic rings. The highest BCUT2D eigenvalue weighted by Crippen LogP contribution is 2.37. The lowest BCUT2D eigenvalue weighted by Crippen LogP contribution is -2.59. The van der Waals surface area contributed by atoms with Crippen molar-refractivity contribution in [2.45, 2.75) is 51.6 Å². The van der Waals surface area contributed by atoms with Crippen molar-refractivity contribution in [1.82, 2.24) is 9.80 Å². The summed E-state index contributed by atoms with van der Waals surface area (Å²) in [5.74, 6) is 1.95. The van der Waals surface area contributed by atoms with E-state index in [0.29, 0.717) is 0 Å². The van der Waals surface area contributed by atoms with Gasteiger partial charge in [0, 0.05) is 31.7 Å². The van der Waals surface area contributed by atoms with Crippen molar-refractivity contribution in [1.29, 1.82) is 0 Å². The minimum Gasteiger partial charge on any atom is -0.300 e. The van der Waals surface area contributed by atoms with E-state index in [2.05, 4.69) is 23.6 Å². The van der Waals surface area contributed by atoms with Gasteiger partial charge in [-0.05, 0) is 51.5 Å². The van der Waals surface area contributed by atoms with E-state index < -0.39 is 0 Å². The van der Waals surface area contributed by atoms with Crippen LogP contribution >= 0.6 is 0 Å². The fraction of sp³-hybridized carbons (Fsp3) is 1.00. The molecule has 3 fully saturated rings. The highest BCUT2D eigenvalue weighted by atomic mass is 15.2. The van der Waals surface area contributed by atoms with Crippen LogP contribution < -0.4 is 0 Å². The number of hydrogen-bond donors (Lipinski definition) is 0. The molecule has 0 N–H and O–H groups in total. The molecule has 3 heterocycles. The summed E-state index contributed by atoms with van der Waals surface area (Å²) in [5, 5.41) is 0. The van der Waals surface area contributed by atoms with Crippen LogP contribution in [-0.4, -0.2) is 48.1 Å². The van der Waals surface area contributed by atoms with Crippen LogP contribution in [0.3, 0.4) is 0 Å². The average Bonchev–Trinajstić information content (AvgIpc) is 2.28. The number of likely N-dealkylation sites (tertiary alicyclic amines) is 1. The van der Waals surface area contributed by atoms with Gasteiger partial charge in [-0.1, -0.05) is 6.42 Å². The van der Waals surface area contributed by atoms with Crippen LogP contribution in [-0.2, 0) is 0 Å². The highest BCUT2D eigenvalue weighted by molar-refractivity contribution is 4.96. The van der Waals surface area contributed by atoms with E-state index in [1.54, 1.807) is 0 Å². The highest BCUT2D eigenvalue weighted by Gasteiger charge is 2.41. The van der Waals surface area contributed by atoms with Gasteiger partial charge in [-0.15, -0.1) is 0 Å². The van der Waals surface area contributed by atoms with Gasteiger partial charge >= 0.3 is 0 Å². The second kappa shape index (κ2) is 4.30. The SMILES string of the molecule is CC(C)N1C[C@@H]2C[C@@H](C1)[C@@H]1CCCCN1C2. The number of fused-ring (bicyclic) bond motifs is 4. The van der Waals surface area contributed by atoms with Crippen LogP contribution in [0.1, 0.15) is 39.5 Å². The molecule has 16 heavy (non-hydrogen) atoms. The summed E-state index contributed by atoms with van der Waals surface area (Å²) in [6, 6.07) is 1.69. The molecule has 0 aromatic heterocycles. The third-order valence-electron chi connectivity index (χ3n) is 5.03. The molecule has 3 rings (SSSR count). The van der Waals surface area contributed by atoms with Crippen molar-refractivity contribution in [2.24, 2.45) is 11.8 Å². The molecule has 0 unspecified atom stereocenters. The van der Waals surface area contributed by atoms with Crippen molar-refractivity contribution in [2.75, 3.05) is 26.2 Å². The molecular formula is C14H26N2. The molecule has 3 saturated heterocycles. The Morgan fingerprint density at radius 2 is 1.94 bits per heavy atom. The predicted molar refractivity (Wildman–Crippen MR) is 67.5 cm³/mol. The summed E-state index contributed by atoms with van der Waals surface area (Å²) in [4.78, 5) is 5.55. The molecule has 3 atom stereocenters. The second-order valence-corrected chi connectivity index (χ2v) is 6.47. The van der Waals surface area contributed by atoms with E-state index in [1.807, 2.05) is 0 Å². The summed E-state index contributed by atoms with van der Waals surface area (Å²) in [7, 11) is 0. The minimum absolute atomic E-state index is 0.750. The fourth-order valence-corrected chi connectivity index (χ4v) is 4.23. The topological polar surface area (TPSA) is 6.48 Å². The largest absolute Gasteiger partial charge is 0.300 e. The van der Waals surface area contributed by atoms with Crippen molar-refractivity contribution < 1.29 is 0 Å². The van der Waals surface area contributed by atoms with Crippen LogP contribution in [0.2, 0.25) is 0 Å². The third kappa shape index (κ3) is 1.91. The van der Waals surface area contributed by atoms with Gasteiger partial charge in [0.25, 0.3) is 0 Å². The minimum atomic E-state index is 0.750. The molecule has 2 heteroatoms. The van der Waals surface area contributed by atoms with E-state index in [-0.39, 0.29) is 0 Å². The van der Waals surface area contributed by atoms with Gasteiger partial charge in [0.05, 0.1) is 0 Å². The standard InChI is InChI=1S/C14H26N2/c1-11(2)16-9-12-7-13(10-16)14-5-3-4-6-15(14)8-12/h11-14H,3-10H2,1-2H3/t12-,13+,14+/m1/s1. The van der Waals surface area contributed by atoms with Crippen molar-refractivity contribution in [3.63, 3.8) is 0 Å². The Labute approximate surface area is 100.0 Å². The smallest absolute Gasteiger partial charge is 0.0136 e. The lowest BCUT2D eigenvalue weighted by molar-refractivity contribution is -0.0383. The number of piperidine rings is 3. The third-order valence-corrected chi connectivity index (χ3v) is 5.03. The van der Waals surface area contributed by atoms with Gasteiger partial charge in [0.15, 0.2) is 0 Å². The number of hydrogen-bond acceptors (Lipinski definition) is 2. The van der Waals surface area contributed by atoms with Gasteiger partial charge < -0.3 is 4.90 Å². The van der Waals surface area contributed by atoms with E-state index in [4.69, 9.17) is 0 Å². The molecule has 0 aromatic carbocycles. The number of rotatable bonds is 1. The van der Waals surface area contributed by atoms with Crippen LogP contribution in [0.5, 0.6) is 0 Å². The first kappa shape index (κ1) is 11.0. The molecule has 0 spiro atoms. The van der Waals surface area contributed by atoms with Gasteiger partial charge in [0.2, 0.25) is 0 Å². The first-order valence-electron chi connectivity index (χ1n) is 7.22. The van der Waals surface area contributed by atoms with Gasteiger partial charge in [-0.25, -0.2) is 0 Å². The van der Waals surface area contributed by atoms with Crippen molar-refractivity contribution >= 4 is 0 Å². The maximum absolute atomic E-state index is 2.82. The Morgan fingerprint density at radius 3 is 2.75 bits per heavy atom. The quantitative estimate of drug-likeness (QED) is 0.671. The molecular weight excluding hydrogens is 196 g/mol. The summed E-state index contributed by atoms with van der Waals surface area (Å²) < 4.78 is 0. The predicted octanol–water partition coefficient (Wildman–Crippen LogP) is 2.20. The van der Waals surface area contributed by atoms with Crippen LogP contribution in [0.25, 0.3) is 0 Å². The van der Waals surface area contributed by atoms with Gasteiger partial charge in [-0.3, -0.25) is 4.90 Å². The molecule has 0 aliphatic carbocycles. The summed E-state index contributed by atoms with van der Waals surface area (Å²) in [5.41, 5.74) is 0. The molecule has 0 aromatic rings. The molecule has 92 valence electrons. The van der Waals surface area contributed by atoms with Gasteiger partial charge in [0.1, 0.15) is 0 Å². The zero-order chi connectivity index (χ0) is 11.1. The second-order valence-electron chi connectivity index (χ2n) is 6.47. The van der Waals surface area contributed by atoms with E-state index >= 15 is 0 Å². The maximum atomic E-state index is 2.82. The molecule has 2 nitrogen and oxygen atoms in total. The van der Waals surface area contributed by atoms with Crippen LogP contribution in [0.4, 0.5) is 0 Å². The number of nitrogens with zero attached hydrogens (tertiary/aromatic N) is 2. The Balaban J connectivity index is 1.72. The van der Waals surface area contributed by atoms with E-state index in [0.717, 1.165) is 23.9 Å². The van der Waals surface area contributed by atoms with Gasteiger partial charge in [-0.2, -0.15) is 0 Å². The average molecular weight is 222 g/mol. The molecule has 0 amide bonds. The summed E-state index contributed by atoms with van der Waals surface area (Å²) in [6.45, 7) is 10.2. The van der Waals surface area contributed by atoms with Crippen molar-refractivity contribution in [3.05, 3.63) is 0 Å². The van der Waals surface area contributed by atoms with Crippen molar-refractivity contribution in [3.8, 4) is 0 Å². The van der Waals surface area contributed by atoms with Crippen LogP contribution in [0, 0.1) is 11.8 Å². The lowest BCUT2D eigenvalue weighted by atomic mass is 9.76. The Bertz CT molecular complexity index is 251. The Hall–Kier alpha value is -0.0800. The normalized spacial score (nSPS) is 41.1. The lowest BCUT2D eigenvalue weighted by Gasteiger charge is -2.53. The molecule has 3 aliphatic heterocycles. The fourth-order valence-electron chi connectivity index (χ4n) is 4.23. The monoisotopic (exact) mass is 222 g/mol. The zero-order valence-electron chi connectivity index (χ0n) is 10.9. The first-order chi connectivity index (χ1) is 7.74. The summed E-state index contributed by atoms with van der Waals surface area (Å²) in [6.07, 6.45) is 5.92. The maximum Gasteiger partial charge on any atom is 0.0136 e. The molecule has 0 radical (unpaired) electrons. The molecule has 0 saturated carbocycles. The zero-order valence-corrected chi connectivity index (χ0v) is 10.9. The first-order valence-corrected chi connectivity index (χ1v) is 7.22. The Morgan fingerprint density at radius 1 is 1.06 bits per heavy atom. The summed E-state index contributed by atoms with van der Waals surface area (Å²) >= 11 is 0. The Kier molecular flexibility index (Phi) is 2.97. The van der Waals surface area contributed by atoms with Crippen LogP contribution in [0.15, 0.2) is 0 Å². The van der Waals surface area contributed by atoms with E-state index in [1.165, 1.54) is 51.9 Å². The molecule has 2 bridgehead atoms.